The summed E-state index contributed by atoms with van der Waals surface area (Å²) < 4.78 is 4.97. The van der Waals surface area contributed by atoms with Crippen LogP contribution in [-0.4, -0.2) is 41.7 Å². The Morgan fingerprint density at radius 2 is 1.29 bits per heavy atom. The molecule has 1 heterocycles. The first kappa shape index (κ1) is 28.4. The molecule has 1 N–H and O–H groups in total. The van der Waals surface area contributed by atoms with E-state index in [1.165, 1.54) is 4.90 Å². The van der Waals surface area contributed by atoms with Gasteiger partial charge in [0.2, 0.25) is 17.7 Å². The molecule has 7 rings (SSSR count). The van der Waals surface area contributed by atoms with Crippen molar-refractivity contribution in [2.24, 2.45) is 11.8 Å². The number of carbonyl (C=O) groups excluding carboxylic acids is 4. The summed E-state index contributed by atoms with van der Waals surface area (Å²) in [6, 6.07) is 21.7. The maximum atomic E-state index is 13.9. The SMILES string of the molecule is CCOC(=O)c1ccc(NC(=O)CCCCCN2C(=O)[C@@H]3[C@@H](C2=O)C2(Cl)c4ccccc4C3(Cl)c3ccccc32)cc1. The van der Waals surface area contributed by atoms with E-state index in [1.807, 2.05) is 48.5 Å². The molecule has 4 aliphatic rings. The molecule has 0 spiro atoms. The molecule has 3 aromatic rings. The molecule has 216 valence electrons. The number of unbranched alkanes of at least 4 members (excludes halogenated alkanes) is 2. The van der Waals surface area contributed by atoms with Crippen LogP contribution >= 0.6 is 23.2 Å². The number of alkyl halides is 2. The van der Waals surface area contributed by atoms with Crippen molar-refractivity contribution in [1.82, 2.24) is 4.90 Å². The highest BCUT2D eigenvalue weighted by atomic mass is 35.5. The van der Waals surface area contributed by atoms with E-state index in [0.717, 1.165) is 22.3 Å². The van der Waals surface area contributed by atoms with Crippen LogP contribution in [0.1, 0.15) is 65.2 Å². The predicted molar refractivity (Wildman–Crippen MR) is 159 cm³/mol. The Morgan fingerprint density at radius 1 is 0.786 bits per heavy atom. The molecule has 1 saturated heterocycles. The average Bonchev–Trinajstić information content (AvgIpc) is 3.26. The Kier molecular flexibility index (Phi) is 7.36. The zero-order chi connectivity index (χ0) is 29.6. The van der Waals surface area contributed by atoms with Crippen molar-refractivity contribution in [1.29, 1.82) is 0 Å². The number of rotatable bonds is 9. The second-order valence-electron chi connectivity index (χ2n) is 11.0. The Balaban J connectivity index is 1.09. The van der Waals surface area contributed by atoms with Crippen molar-refractivity contribution in [3.8, 4) is 0 Å². The van der Waals surface area contributed by atoms with Gasteiger partial charge in [-0.2, -0.15) is 0 Å². The van der Waals surface area contributed by atoms with Crippen LogP contribution in [0.3, 0.4) is 0 Å². The smallest absolute Gasteiger partial charge is 0.338 e. The number of likely N-dealkylation sites (tertiary alicyclic amines) is 1. The minimum Gasteiger partial charge on any atom is -0.462 e. The van der Waals surface area contributed by atoms with Crippen LogP contribution in [0.15, 0.2) is 72.8 Å². The number of amides is 3. The van der Waals surface area contributed by atoms with Gasteiger partial charge in [0.25, 0.3) is 0 Å². The fraction of sp³-hybridized carbons (Fsp3) is 0.333. The highest BCUT2D eigenvalue weighted by molar-refractivity contribution is 6.36. The molecular formula is C33H30Cl2N2O5. The van der Waals surface area contributed by atoms with Gasteiger partial charge in [0.05, 0.1) is 24.0 Å². The van der Waals surface area contributed by atoms with E-state index in [4.69, 9.17) is 27.9 Å². The number of ether oxygens (including phenoxy) is 1. The van der Waals surface area contributed by atoms with E-state index in [0.29, 0.717) is 37.1 Å². The van der Waals surface area contributed by atoms with Crippen molar-refractivity contribution in [3.05, 3.63) is 101 Å². The van der Waals surface area contributed by atoms with E-state index in [1.54, 1.807) is 31.2 Å². The van der Waals surface area contributed by atoms with Gasteiger partial charge < -0.3 is 10.1 Å². The monoisotopic (exact) mass is 604 g/mol. The van der Waals surface area contributed by atoms with Crippen LogP contribution in [0.5, 0.6) is 0 Å². The number of esters is 1. The summed E-state index contributed by atoms with van der Waals surface area (Å²) in [4.78, 5) is 50.9. The number of nitrogens with zero attached hydrogens (tertiary/aromatic N) is 1. The fourth-order valence-corrected chi connectivity index (χ4v) is 7.90. The number of hydrogen-bond donors (Lipinski definition) is 1. The molecule has 1 fully saturated rings. The second-order valence-corrected chi connectivity index (χ2v) is 12.1. The Bertz CT molecular complexity index is 1470. The molecule has 2 bridgehead atoms. The Morgan fingerprint density at radius 3 is 1.76 bits per heavy atom. The number of nitrogens with one attached hydrogen (secondary N) is 1. The third-order valence-electron chi connectivity index (χ3n) is 8.64. The topological polar surface area (TPSA) is 92.8 Å². The zero-order valence-electron chi connectivity index (χ0n) is 23.1. The summed E-state index contributed by atoms with van der Waals surface area (Å²) in [5.74, 6) is -2.74. The van der Waals surface area contributed by atoms with Crippen molar-refractivity contribution in [2.45, 2.75) is 42.4 Å². The molecule has 3 aliphatic carbocycles. The van der Waals surface area contributed by atoms with Gasteiger partial charge in [-0.3, -0.25) is 19.3 Å². The molecule has 3 amide bonds. The summed E-state index contributed by atoms with van der Waals surface area (Å²) in [5.41, 5.74) is 4.14. The first-order valence-corrected chi connectivity index (χ1v) is 15.0. The predicted octanol–water partition coefficient (Wildman–Crippen LogP) is 5.96. The molecule has 2 atom stereocenters. The molecule has 9 heteroatoms. The summed E-state index contributed by atoms with van der Waals surface area (Å²) in [6.07, 6.45) is 2.08. The van der Waals surface area contributed by atoms with Crippen molar-refractivity contribution in [2.75, 3.05) is 18.5 Å². The van der Waals surface area contributed by atoms with Gasteiger partial charge in [0.1, 0.15) is 9.75 Å². The van der Waals surface area contributed by atoms with Crippen LogP contribution in [0, 0.1) is 11.8 Å². The van der Waals surface area contributed by atoms with E-state index in [-0.39, 0.29) is 30.7 Å². The molecule has 0 aromatic heterocycles. The zero-order valence-corrected chi connectivity index (χ0v) is 24.6. The number of anilines is 1. The summed E-state index contributed by atoms with van der Waals surface area (Å²) in [5, 5.41) is 2.82. The van der Waals surface area contributed by atoms with Gasteiger partial charge >= 0.3 is 5.97 Å². The Labute approximate surface area is 254 Å². The van der Waals surface area contributed by atoms with E-state index in [2.05, 4.69) is 5.32 Å². The van der Waals surface area contributed by atoms with Crippen LogP contribution < -0.4 is 5.32 Å². The van der Waals surface area contributed by atoms with E-state index in [9.17, 15) is 19.2 Å². The van der Waals surface area contributed by atoms with Crippen LogP contribution in [-0.2, 0) is 28.9 Å². The third-order valence-corrected chi connectivity index (χ3v) is 9.93. The van der Waals surface area contributed by atoms with Crippen molar-refractivity contribution >= 4 is 52.6 Å². The molecule has 0 radical (unpaired) electrons. The first-order chi connectivity index (χ1) is 20.2. The van der Waals surface area contributed by atoms with Gasteiger partial charge in [-0.25, -0.2) is 4.79 Å². The third kappa shape index (κ3) is 4.24. The lowest BCUT2D eigenvalue weighted by molar-refractivity contribution is -0.140. The first-order valence-electron chi connectivity index (χ1n) is 14.2. The Hall–Kier alpha value is -3.68. The minimum absolute atomic E-state index is 0.154. The van der Waals surface area contributed by atoms with Gasteiger partial charge in [0, 0.05) is 18.7 Å². The number of halogens is 2. The van der Waals surface area contributed by atoms with Crippen LogP contribution in [0.2, 0.25) is 0 Å². The summed E-state index contributed by atoms with van der Waals surface area (Å²) in [7, 11) is 0. The molecule has 42 heavy (non-hydrogen) atoms. The number of benzene rings is 3. The highest BCUT2D eigenvalue weighted by Gasteiger charge is 2.72. The number of hydrogen-bond acceptors (Lipinski definition) is 5. The van der Waals surface area contributed by atoms with Gasteiger partial charge in [-0.1, -0.05) is 55.0 Å². The number of carbonyl (C=O) groups is 4. The van der Waals surface area contributed by atoms with E-state index < -0.39 is 27.6 Å². The minimum atomic E-state index is -1.18. The maximum absolute atomic E-state index is 13.9. The standard InChI is InChI=1S/C33H30Cl2N2O5/c1-2-42-31(41)20-15-17-21(18-16-20)36-26(38)14-4-3-9-19-37-29(39)27-28(30(37)40)33(35)23-11-6-5-10-22(23)32(27,34)24-12-7-8-13-25(24)33/h5-8,10-13,15-18,27-28H,2-4,9,14,19H2,1H3,(H,36,38)/t27-,28-,32?,33?/m0/s1. The summed E-state index contributed by atoms with van der Waals surface area (Å²) in [6.45, 7) is 2.28. The highest BCUT2D eigenvalue weighted by Crippen LogP contribution is 2.69. The molecule has 3 aromatic carbocycles. The van der Waals surface area contributed by atoms with Crippen LogP contribution in [0.25, 0.3) is 0 Å². The van der Waals surface area contributed by atoms with E-state index >= 15 is 0 Å². The van der Waals surface area contributed by atoms with Gasteiger partial charge in [-0.15, -0.1) is 23.2 Å². The molecule has 0 saturated carbocycles. The average molecular weight is 606 g/mol. The number of imide groups is 1. The lowest BCUT2D eigenvalue weighted by atomic mass is 9.54. The molecule has 7 nitrogen and oxygen atoms in total. The van der Waals surface area contributed by atoms with Crippen molar-refractivity contribution in [3.63, 3.8) is 0 Å². The van der Waals surface area contributed by atoms with Crippen LogP contribution in [0.4, 0.5) is 5.69 Å². The lowest BCUT2D eigenvalue weighted by Crippen LogP contribution is -2.57. The molecular weight excluding hydrogens is 575 g/mol. The molecule has 1 aliphatic heterocycles. The van der Waals surface area contributed by atoms with Crippen molar-refractivity contribution < 1.29 is 23.9 Å². The second kappa shape index (κ2) is 10.9. The molecule has 0 unspecified atom stereocenters. The largest absolute Gasteiger partial charge is 0.462 e. The van der Waals surface area contributed by atoms with Gasteiger partial charge in [-0.05, 0) is 66.3 Å². The summed E-state index contributed by atoms with van der Waals surface area (Å²) >= 11 is 14.9. The fourth-order valence-electron chi connectivity index (χ4n) is 6.80. The quantitative estimate of drug-likeness (QED) is 0.141. The normalized spacial score (nSPS) is 25.1. The van der Waals surface area contributed by atoms with Gasteiger partial charge in [0.15, 0.2) is 0 Å². The maximum Gasteiger partial charge on any atom is 0.338 e. The lowest BCUT2D eigenvalue weighted by Gasteiger charge is -2.54.